The molecule has 1 fully saturated rings. The Bertz CT molecular complexity index is 379. The summed E-state index contributed by atoms with van der Waals surface area (Å²) in [5, 5.41) is 3.39. The van der Waals surface area contributed by atoms with Crippen LogP contribution in [-0.2, 0) is 5.41 Å². The SMILES string of the molecule is CNCC(c1ccc(C(C)(C)C)cc1)C1CCCC1. The molecular formula is C18H29N. The van der Waals surface area contributed by atoms with E-state index in [0.29, 0.717) is 5.92 Å². The van der Waals surface area contributed by atoms with Crippen molar-refractivity contribution in [3.8, 4) is 0 Å². The van der Waals surface area contributed by atoms with Gasteiger partial charge in [0.05, 0.1) is 0 Å². The van der Waals surface area contributed by atoms with Crippen molar-refractivity contribution in [2.45, 2.75) is 57.8 Å². The van der Waals surface area contributed by atoms with E-state index in [2.05, 4.69) is 57.4 Å². The minimum Gasteiger partial charge on any atom is -0.319 e. The summed E-state index contributed by atoms with van der Waals surface area (Å²) < 4.78 is 0. The van der Waals surface area contributed by atoms with Crippen molar-refractivity contribution in [2.24, 2.45) is 5.92 Å². The smallest absolute Gasteiger partial charge is 0.00198 e. The van der Waals surface area contributed by atoms with Crippen LogP contribution in [0, 0.1) is 5.92 Å². The van der Waals surface area contributed by atoms with E-state index in [9.17, 15) is 0 Å². The van der Waals surface area contributed by atoms with Crippen molar-refractivity contribution in [1.29, 1.82) is 0 Å². The van der Waals surface area contributed by atoms with Crippen LogP contribution < -0.4 is 5.32 Å². The summed E-state index contributed by atoms with van der Waals surface area (Å²) in [6, 6.07) is 9.38. The normalized spacial score (nSPS) is 18.7. The lowest BCUT2D eigenvalue weighted by Crippen LogP contribution is -2.23. The average Bonchev–Trinajstić information content (AvgIpc) is 2.89. The molecule has 1 aromatic carbocycles. The predicted molar refractivity (Wildman–Crippen MR) is 83.8 cm³/mol. The van der Waals surface area contributed by atoms with Gasteiger partial charge in [0, 0.05) is 6.54 Å². The number of nitrogens with one attached hydrogen (secondary N) is 1. The number of benzene rings is 1. The van der Waals surface area contributed by atoms with Crippen LogP contribution in [0.25, 0.3) is 0 Å². The van der Waals surface area contributed by atoms with Gasteiger partial charge in [-0.25, -0.2) is 0 Å². The van der Waals surface area contributed by atoms with Crippen molar-refractivity contribution in [2.75, 3.05) is 13.6 Å². The lowest BCUT2D eigenvalue weighted by atomic mass is 9.82. The molecule has 1 N–H and O–H groups in total. The van der Waals surface area contributed by atoms with Crippen molar-refractivity contribution in [3.63, 3.8) is 0 Å². The highest BCUT2D eigenvalue weighted by molar-refractivity contribution is 5.30. The average molecular weight is 259 g/mol. The van der Waals surface area contributed by atoms with Crippen LogP contribution in [0.3, 0.4) is 0 Å². The molecule has 1 aliphatic rings. The summed E-state index contributed by atoms with van der Waals surface area (Å²) in [6.45, 7) is 7.96. The second kappa shape index (κ2) is 6.09. The molecule has 1 unspecified atom stereocenters. The molecule has 1 aliphatic carbocycles. The second-order valence-corrected chi connectivity index (χ2v) is 7.08. The Morgan fingerprint density at radius 1 is 1.11 bits per heavy atom. The quantitative estimate of drug-likeness (QED) is 0.841. The molecule has 106 valence electrons. The van der Waals surface area contributed by atoms with Gasteiger partial charge in [-0.15, -0.1) is 0 Å². The highest BCUT2D eigenvalue weighted by Crippen LogP contribution is 2.37. The van der Waals surface area contributed by atoms with Crippen LogP contribution in [0.2, 0.25) is 0 Å². The van der Waals surface area contributed by atoms with Gasteiger partial charge in [-0.1, -0.05) is 57.9 Å². The van der Waals surface area contributed by atoms with Gasteiger partial charge in [0.2, 0.25) is 0 Å². The molecule has 0 saturated heterocycles. The lowest BCUT2D eigenvalue weighted by molar-refractivity contribution is 0.421. The summed E-state index contributed by atoms with van der Waals surface area (Å²) >= 11 is 0. The van der Waals surface area contributed by atoms with E-state index in [-0.39, 0.29) is 5.41 Å². The number of rotatable bonds is 4. The molecule has 0 amide bonds. The van der Waals surface area contributed by atoms with Crippen molar-refractivity contribution in [3.05, 3.63) is 35.4 Å². The largest absolute Gasteiger partial charge is 0.319 e. The Kier molecular flexibility index (Phi) is 4.67. The third kappa shape index (κ3) is 3.60. The maximum absolute atomic E-state index is 3.39. The zero-order valence-electron chi connectivity index (χ0n) is 13.0. The van der Waals surface area contributed by atoms with E-state index in [4.69, 9.17) is 0 Å². The Morgan fingerprint density at radius 2 is 1.68 bits per heavy atom. The second-order valence-electron chi connectivity index (χ2n) is 7.08. The summed E-state index contributed by atoms with van der Waals surface area (Å²) in [5.74, 6) is 1.58. The van der Waals surface area contributed by atoms with Crippen molar-refractivity contribution >= 4 is 0 Å². The number of hydrogen-bond acceptors (Lipinski definition) is 1. The Hall–Kier alpha value is -0.820. The molecule has 0 aliphatic heterocycles. The first-order valence-corrected chi connectivity index (χ1v) is 7.77. The monoisotopic (exact) mass is 259 g/mol. The fraction of sp³-hybridized carbons (Fsp3) is 0.667. The molecule has 19 heavy (non-hydrogen) atoms. The molecule has 1 aromatic rings. The zero-order chi connectivity index (χ0) is 13.9. The molecular weight excluding hydrogens is 230 g/mol. The first kappa shape index (κ1) is 14.6. The van der Waals surface area contributed by atoms with Gasteiger partial charge in [-0.3, -0.25) is 0 Å². The van der Waals surface area contributed by atoms with Gasteiger partial charge in [-0.2, -0.15) is 0 Å². The van der Waals surface area contributed by atoms with Crippen LogP contribution in [0.1, 0.15) is 63.5 Å². The minimum absolute atomic E-state index is 0.254. The molecule has 0 aromatic heterocycles. The molecule has 0 heterocycles. The van der Waals surface area contributed by atoms with Gasteiger partial charge >= 0.3 is 0 Å². The highest BCUT2D eigenvalue weighted by atomic mass is 14.8. The first-order chi connectivity index (χ1) is 9.02. The Balaban J connectivity index is 2.17. The molecule has 0 bridgehead atoms. The lowest BCUT2D eigenvalue weighted by Gasteiger charge is -2.25. The zero-order valence-corrected chi connectivity index (χ0v) is 13.0. The van der Waals surface area contributed by atoms with E-state index in [1.54, 1.807) is 0 Å². The van der Waals surface area contributed by atoms with Crippen LogP contribution in [-0.4, -0.2) is 13.6 Å². The maximum Gasteiger partial charge on any atom is 0.00198 e. The summed E-state index contributed by atoms with van der Waals surface area (Å²) in [4.78, 5) is 0. The number of likely N-dealkylation sites (N-methyl/N-ethyl adjacent to an activating group) is 1. The van der Waals surface area contributed by atoms with Crippen molar-refractivity contribution in [1.82, 2.24) is 5.32 Å². The highest BCUT2D eigenvalue weighted by Gasteiger charge is 2.26. The van der Waals surface area contributed by atoms with Gasteiger partial charge in [0.1, 0.15) is 0 Å². The van der Waals surface area contributed by atoms with E-state index >= 15 is 0 Å². The summed E-state index contributed by atoms with van der Waals surface area (Å²) in [7, 11) is 2.07. The molecule has 0 spiro atoms. The van der Waals surface area contributed by atoms with Crippen LogP contribution in [0.4, 0.5) is 0 Å². The summed E-state index contributed by atoms with van der Waals surface area (Å²) in [6.07, 6.45) is 5.66. The van der Waals surface area contributed by atoms with Gasteiger partial charge in [0.15, 0.2) is 0 Å². The van der Waals surface area contributed by atoms with E-state index in [1.807, 2.05) is 0 Å². The van der Waals surface area contributed by atoms with Gasteiger partial charge < -0.3 is 5.32 Å². The van der Waals surface area contributed by atoms with Crippen LogP contribution in [0.5, 0.6) is 0 Å². The molecule has 1 heteroatoms. The molecule has 0 radical (unpaired) electrons. The topological polar surface area (TPSA) is 12.0 Å². The molecule has 1 nitrogen and oxygen atoms in total. The third-order valence-corrected chi connectivity index (χ3v) is 4.60. The maximum atomic E-state index is 3.39. The number of hydrogen-bond donors (Lipinski definition) is 1. The molecule has 1 atom stereocenters. The van der Waals surface area contributed by atoms with E-state index in [0.717, 1.165) is 12.5 Å². The van der Waals surface area contributed by atoms with Crippen molar-refractivity contribution < 1.29 is 0 Å². The van der Waals surface area contributed by atoms with Gasteiger partial charge in [-0.05, 0) is 48.3 Å². The Morgan fingerprint density at radius 3 is 2.16 bits per heavy atom. The fourth-order valence-electron chi connectivity index (χ4n) is 3.37. The fourth-order valence-corrected chi connectivity index (χ4v) is 3.37. The standard InChI is InChI=1S/C18H29N/c1-18(2,3)16-11-9-15(10-12-16)17(13-19-4)14-7-5-6-8-14/h9-12,14,17,19H,5-8,13H2,1-4H3. The van der Waals surface area contributed by atoms with Crippen LogP contribution >= 0.6 is 0 Å². The first-order valence-electron chi connectivity index (χ1n) is 7.77. The van der Waals surface area contributed by atoms with E-state index < -0.39 is 0 Å². The van der Waals surface area contributed by atoms with Crippen LogP contribution in [0.15, 0.2) is 24.3 Å². The minimum atomic E-state index is 0.254. The summed E-state index contributed by atoms with van der Waals surface area (Å²) in [5.41, 5.74) is 3.21. The van der Waals surface area contributed by atoms with E-state index in [1.165, 1.54) is 36.8 Å². The third-order valence-electron chi connectivity index (χ3n) is 4.60. The van der Waals surface area contributed by atoms with Gasteiger partial charge in [0.25, 0.3) is 0 Å². The Labute approximate surface area is 118 Å². The molecule has 2 rings (SSSR count). The molecule has 1 saturated carbocycles. The predicted octanol–water partition coefficient (Wildman–Crippen LogP) is 4.48.